The molecule has 0 bridgehead atoms. The number of carbonyl (C=O) groups is 1. The van der Waals surface area contributed by atoms with Crippen molar-refractivity contribution in [3.05, 3.63) is 64.8 Å². The van der Waals surface area contributed by atoms with Crippen LogP contribution in [0.25, 0.3) is 11.3 Å². The van der Waals surface area contributed by atoms with Gasteiger partial charge in [-0.1, -0.05) is 29.8 Å². The Morgan fingerprint density at radius 1 is 1.23 bits per heavy atom. The lowest BCUT2D eigenvalue weighted by atomic mass is 10.1. The summed E-state index contributed by atoms with van der Waals surface area (Å²) < 4.78 is 5.31. The quantitative estimate of drug-likeness (QED) is 0.676. The van der Waals surface area contributed by atoms with Crippen molar-refractivity contribution in [2.45, 2.75) is 18.8 Å². The molecule has 0 spiro atoms. The van der Waals surface area contributed by atoms with Gasteiger partial charge in [0.25, 0.3) is 5.91 Å². The summed E-state index contributed by atoms with van der Waals surface area (Å²) in [5, 5.41) is 11.1. The molecule has 2 aromatic carbocycles. The lowest BCUT2D eigenvalue weighted by molar-refractivity contribution is 0.102. The van der Waals surface area contributed by atoms with Gasteiger partial charge < -0.3 is 10.1 Å². The number of halogens is 1. The van der Waals surface area contributed by atoms with Gasteiger partial charge in [-0.3, -0.25) is 9.89 Å². The molecule has 2 N–H and O–H groups in total. The van der Waals surface area contributed by atoms with Gasteiger partial charge in [0, 0.05) is 22.1 Å². The first-order chi connectivity index (χ1) is 12.7. The van der Waals surface area contributed by atoms with Crippen LogP contribution in [-0.2, 0) is 0 Å². The van der Waals surface area contributed by atoms with Gasteiger partial charge in [-0.2, -0.15) is 5.10 Å². The maximum Gasteiger partial charge on any atom is 0.255 e. The molecule has 4 rings (SSSR count). The van der Waals surface area contributed by atoms with E-state index in [0.29, 0.717) is 22.2 Å². The second-order valence-corrected chi connectivity index (χ2v) is 6.77. The first kappa shape index (κ1) is 16.7. The number of aromatic nitrogens is 2. The molecule has 1 saturated carbocycles. The van der Waals surface area contributed by atoms with E-state index < -0.39 is 0 Å². The number of H-pyrrole nitrogens is 1. The van der Waals surface area contributed by atoms with Crippen LogP contribution in [0.4, 0.5) is 5.69 Å². The fraction of sp³-hybridized carbons (Fsp3) is 0.200. The number of ether oxygens (including phenoxy) is 1. The third-order valence-corrected chi connectivity index (χ3v) is 4.68. The average molecular weight is 368 g/mol. The van der Waals surface area contributed by atoms with Gasteiger partial charge in [0.05, 0.1) is 18.5 Å². The Morgan fingerprint density at radius 2 is 2.04 bits per heavy atom. The number of nitrogens with one attached hydrogen (secondary N) is 2. The number of methoxy groups -OCH3 is 1. The summed E-state index contributed by atoms with van der Waals surface area (Å²) >= 11 is 6.01. The zero-order valence-electron chi connectivity index (χ0n) is 14.3. The van der Waals surface area contributed by atoms with Crippen LogP contribution in [0.3, 0.4) is 0 Å². The summed E-state index contributed by atoms with van der Waals surface area (Å²) in [6, 6.07) is 14.5. The van der Waals surface area contributed by atoms with Crippen LogP contribution in [-0.4, -0.2) is 23.2 Å². The van der Waals surface area contributed by atoms with Crippen molar-refractivity contribution < 1.29 is 9.53 Å². The molecule has 5 nitrogen and oxygen atoms in total. The molecule has 0 saturated heterocycles. The number of rotatable bonds is 5. The molecular formula is C20H18ClN3O2. The third-order valence-electron chi connectivity index (χ3n) is 4.45. The third kappa shape index (κ3) is 3.30. The van der Waals surface area contributed by atoms with Crippen molar-refractivity contribution in [1.82, 2.24) is 10.2 Å². The largest absolute Gasteiger partial charge is 0.497 e. The van der Waals surface area contributed by atoms with E-state index in [1.165, 1.54) is 0 Å². The SMILES string of the molecule is COc1cccc(-c2n[nH]c(C3CC3)c2NC(=O)c2cccc(Cl)c2)c1. The van der Waals surface area contributed by atoms with Gasteiger partial charge in [-0.25, -0.2) is 0 Å². The maximum absolute atomic E-state index is 12.7. The van der Waals surface area contributed by atoms with Crippen LogP contribution in [0.5, 0.6) is 5.75 Å². The van der Waals surface area contributed by atoms with Crippen molar-refractivity contribution in [3.63, 3.8) is 0 Å². The smallest absolute Gasteiger partial charge is 0.255 e. The normalized spacial score (nSPS) is 13.5. The van der Waals surface area contributed by atoms with Crippen molar-refractivity contribution in [2.75, 3.05) is 12.4 Å². The van der Waals surface area contributed by atoms with E-state index in [9.17, 15) is 4.79 Å². The summed E-state index contributed by atoms with van der Waals surface area (Å²) in [5.41, 5.74) is 3.80. The Labute approximate surface area is 156 Å². The Hall–Kier alpha value is -2.79. The van der Waals surface area contributed by atoms with Crippen molar-refractivity contribution >= 4 is 23.2 Å². The van der Waals surface area contributed by atoms with Gasteiger partial charge >= 0.3 is 0 Å². The van der Waals surface area contributed by atoms with Crippen molar-refractivity contribution in [1.29, 1.82) is 0 Å². The number of hydrogen-bond acceptors (Lipinski definition) is 3. The van der Waals surface area contributed by atoms with Crippen LogP contribution in [0, 0.1) is 0 Å². The topological polar surface area (TPSA) is 67.0 Å². The number of aromatic amines is 1. The van der Waals surface area contributed by atoms with Crippen LogP contribution >= 0.6 is 11.6 Å². The number of nitrogens with zero attached hydrogens (tertiary/aromatic N) is 1. The Bertz CT molecular complexity index is 963. The highest BCUT2D eigenvalue weighted by molar-refractivity contribution is 6.31. The van der Waals surface area contributed by atoms with Crippen LogP contribution < -0.4 is 10.1 Å². The minimum absolute atomic E-state index is 0.208. The molecule has 1 aliphatic carbocycles. The second-order valence-electron chi connectivity index (χ2n) is 6.33. The molecule has 6 heteroatoms. The van der Waals surface area contributed by atoms with Gasteiger partial charge in [0.2, 0.25) is 0 Å². The zero-order chi connectivity index (χ0) is 18.1. The van der Waals surface area contributed by atoms with E-state index >= 15 is 0 Å². The fourth-order valence-electron chi connectivity index (χ4n) is 2.94. The molecule has 1 heterocycles. The van der Waals surface area contributed by atoms with Crippen LogP contribution in [0.2, 0.25) is 5.02 Å². The fourth-order valence-corrected chi connectivity index (χ4v) is 3.13. The van der Waals surface area contributed by atoms with Crippen LogP contribution in [0.15, 0.2) is 48.5 Å². The van der Waals surface area contributed by atoms with Gasteiger partial charge in [-0.05, 0) is 43.2 Å². The molecule has 1 amide bonds. The molecule has 3 aromatic rings. The molecule has 0 unspecified atom stereocenters. The molecule has 1 fully saturated rings. The number of hydrogen-bond donors (Lipinski definition) is 2. The molecule has 26 heavy (non-hydrogen) atoms. The highest BCUT2D eigenvalue weighted by atomic mass is 35.5. The van der Waals surface area contributed by atoms with E-state index in [1.807, 2.05) is 24.3 Å². The van der Waals surface area contributed by atoms with E-state index in [4.69, 9.17) is 16.3 Å². The van der Waals surface area contributed by atoms with E-state index in [1.54, 1.807) is 31.4 Å². The van der Waals surface area contributed by atoms with Crippen LogP contribution in [0.1, 0.15) is 34.8 Å². The summed E-state index contributed by atoms with van der Waals surface area (Å²) in [5.74, 6) is 0.946. The summed E-state index contributed by atoms with van der Waals surface area (Å²) in [4.78, 5) is 12.7. The van der Waals surface area contributed by atoms with Gasteiger partial charge in [-0.15, -0.1) is 0 Å². The van der Waals surface area contributed by atoms with E-state index in [2.05, 4.69) is 15.5 Å². The number of benzene rings is 2. The average Bonchev–Trinajstić information content (AvgIpc) is 3.42. The predicted molar refractivity (Wildman–Crippen MR) is 102 cm³/mol. The maximum atomic E-state index is 12.7. The molecular weight excluding hydrogens is 350 g/mol. The van der Waals surface area contributed by atoms with Gasteiger partial charge in [0.1, 0.15) is 11.4 Å². The van der Waals surface area contributed by atoms with Gasteiger partial charge in [0.15, 0.2) is 0 Å². The van der Waals surface area contributed by atoms with Crippen molar-refractivity contribution in [2.24, 2.45) is 0 Å². The van der Waals surface area contributed by atoms with E-state index in [-0.39, 0.29) is 5.91 Å². The predicted octanol–water partition coefficient (Wildman–Crippen LogP) is 4.87. The highest BCUT2D eigenvalue weighted by Crippen LogP contribution is 2.45. The van der Waals surface area contributed by atoms with Crippen molar-refractivity contribution in [3.8, 4) is 17.0 Å². The molecule has 0 atom stereocenters. The minimum Gasteiger partial charge on any atom is -0.497 e. The Kier molecular flexibility index (Phi) is 4.39. The zero-order valence-corrected chi connectivity index (χ0v) is 15.0. The number of carbonyl (C=O) groups excluding carboxylic acids is 1. The first-order valence-electron chi connectivity index (χ1n) is 8.45. The lowest BCUT2D eigenvalue weighted by Crippen LogP contribution is -2.13. The van der Waals surface area contributed by atoms with E-state index in [0.717, 1.165) is 35.5 Å². The molecule has 1 aliphatic rings. The minimum atomic E-state index is -0.208. The molecule has 1 aromatic heterocycles. The monoisotopic (exact) mass is 367 g/mol. The number of anilines is 1. The number of amides is 1. The highest BCUT2D eigenvalue weighted by Gasteiger charge is 2.31. The standard InChI is InChI=1S/C20H18ClN3O2/c1-26-16-7-3-4-13(11-16)18-19(17(23-24-18)12-8-9-12)22-20(25)14-5-2-6-15(21)10-14/h2-7,10-12H,8-9H2,1H3,(H,22,25)(H,23,24). The summed E-state index contributed by atoms with van der Waals surface area (Å²) in [6.07, 6.45) is 2.19. The molecule has 132 valence electrons. The molecule has 0 radical (unpaired) electrons. The second kappa shape index (κ2) is 6.84. The Balaban J connectivity index is 1.72. The summed E-state index contributed by atoms with van der Waals surface area (Å²) in [6.45, 7) is 0. The summed E-state index contributed by atoms with van der Waals surface area (Å²) in [7, 11) is 1.63. The first-order valence-corrected chi connectivity index (χ1v) is 8.83. The lowest BCUT2D eigenvalue weighted by Gasteiger charge is -2.09. The molecule has 0 aliphatic heterocycles. The Morgan fingerprint density at radius 3 is 2.77 bits per heavy atom.